The molecular formula is C27H28FNO5. The van der Waals surface area contributed by atoms with Crippen LogP contribution in [0.25, 0.3) is 11.1 Å². The monoisotopic (exact) mass is 465 g/mol. The summed E-state index contributed by atoms with van der Waals surface area (Å²) >= 11 is 0. The molecule has 0 aromatic heterocycles. The van der Waals surface area contributed by atoms with Gasteiger partial charge in [-0.25, -0.2) is 9.18 Å². The van der Waals surface area contributed by atoms with Crippen LogP contribution in [-0.4, -0.2) is 42.2 Å². The van der Waals surface area contributed by atoms with Gasteiger partial charge < -0.3 is 25.0 Å². The predicted molar refractivity (Wildman–Crippen MR) is 126 cm³/mol. The fourth-order valence-electron chi connectivity index (χ4n) is 4.37. The zero-order valence-electron chi connectivity index (χ0n) is 18.9. The van der Waals surface area contributed by atoms with E-state index in [1.807, 2.05) is 36.4 Å². The summed E-state index contributed by atoms with van der Waals surface area (Å²) in [6.07, 6.45) is -3.14. The van der Waals surface area contributed by atoms with Crippen molar-refractivity contribution in [2.24, 2.45) is 0 Å². The number of alkyl carbamates (subject to hydrolysis) is 1. The van der Waals surface area contributed by atoms with E-state index in [4.69, 9.17) is 9.47 Å². The maximum Gasteiger partial charge on any atom is 0.407 e. The lowest BCUT2D eigenvalue weighted by atomic mass is 9.98. The number of halogens is 1. The van der Waals surface area contributed by atoms with Gasteiger partial charge in [0.05, 0.1) is 12.7 Å². The van der Waals surface area contributed by atoms with Crippen LogP contribution in [0.5, 0.6) is 5.75 Å². The van der Waals surface area contributed by atoms with E-state index in [2.05, 4.69) is 17.4 Å². The molecule has 0 saturated heterocycles. The molecule has 0 radical (unpaired) electrons. The molecule has 1 aliphatic rings. The maximum absolute atomic E-state index is 13.6. The molecule has 2 unspecified atom stereocenters. The number of amides is 1. The van der Waals surface area contributed by atoms with Crippen molar-refractivity contribution in [1.82, 2.24) is 5.32 Å². The highest BCUT2D eigenvalue weighted by Crippen LogP contribution is 2.44. The Hall–Kier alpha value is -3.42. The number of hydrogen-bond donors (Lipinski definition) is 3. The minimum atomic E-state index is -1.36. The molecule has 0 saturated carbocycles. The largest absolute Gasteiger partial charge is 0.493 e. The first kappa shape index (κ1) is 23.7. The maximum atomic E-state index is 13.6. The molecule has 178 valence electrons. The van der Waals surface area contributed by atoms with Crippen LogP contribution in [0.4, 0.5) is 9.18 Å². The van der Waals surface area contributed by atoms with Gasteiger partial charge in [0.1, 0.15) is 24.3 Å². The molecule has 7 heteroatoms. The van der Waals surface area contributed by atoms with Crippen LogP contribution < -0.4 is 10.1 Å². The molecule has 1 aliphatic carbocycles. The molecule has 0 fully saturated rings. The summed E-state index contributed by atoms with van der Waals surface area (Å²) in [5.74, 6) is -0.281. The Morgan fingerprint density at radius 2 is 1.68 bits per heavy atom. The van der Waals surface area contributed by atoms with Gasteiger partial charge in [0.2, 0.25) is 0 Å². The van der Waals surface area contributed by atoms with E-state index in [0.717, 1.165) is 28.3 Å². The van der Waals surface area contributed by atoms with Gasteiger partial charge in [-0.1, -0.05) is 48.5 Å². The summed E-state index contributed by atoms with van der Waals surface area (Å²) in [7, 11) is 0. The van der Waals surface area contributed by atoms with Crippen LogP contribution in [0.2, 0.25) is 0 Å². The fraction of sp³-hybridized carbons (Fsp3) is 0.296. The number of aliphatic hydroxyl groups is 2. The SMILES string of the molecule is CCOc1ccc(F)cc1C(O)C(O)CCNC(=O)OCC1c2ccccc2-c2ccccc21. The lowest BCUT2D eigenvalue weighted by Gasteiger charge is -2.21. The number of nitrogens with one attached hydrogen (secondary N) is 1. The molecule has 0 bridgehead atoms. The smallest absolute Gasteiger partial charge is 0.407 e. The highest BCUT2D eigenvalue weighted by Gasteiger charge is 2.29. The standard InChI is InChI=1S/C27H28FNO5/c1-2-33-25-12-11-17(28)15-22(25)26(31)24(30)13-14-29-27(32)34-16-23-20-9-5-3-7-18(20)19-8-4-6-10-21(19)23/h3-12,15,23-24,26,30-31H,2,13-14,16H2,1H3,(H,29,32). The number of carbonyl (C=O) groups excluding carboxylic acids is 1. The average Bonchev–Trinajstić information content (AvgIpc) is 3.17. The number of rotatable bonds is 9. The number of benzene rings is 3. The Kier molecular flexibility index (Phi) is 7.45. The Morgan fingerprint density at radius 1 is 1.03 bits per heavy atom. The number of aliphatic hydroxyl groups excluding tert-OH is 2. The van der Waals surface area contributed by atoms with Gasteiger partial charge in [-0.2, -0.15) is 0 Å². The zero-order valence-corrected chi connectivity index (χ0v) is 18.9. The molecule has 3 aromatic rings. The highest BCUT2D eigenvalue weighted by atomic mass is 19.1. The molecule has 3 aromatic carbocycles. The second-order valence-electron chi connectivity index (χ2n) is 8.17. The summed E-state index contributed by atoms with van der Waals surface area (Å²) in [4.78, 5) is 12.3. The van der Waals surface area contributed by atoms with Crippen molar-refractivity contribution in [2.75, 3.05) is 19.8 Å². The van der Waals surface area contributed by atoms with Gasteiger partial charge in [0.15, 0.2) is 0 Å². The first-order valence-corrected chi connectivity index (χ1v) is 11.4. The number of fused-ring (bicyclic) bond motifs is 3. The van der Waals surface area contributed by atoms with Crippen LogP contribution >= 0.6 is 0 Å². The Labute approximate surface area is 198 Å². The molecule has 2 atom stereocenters. The van der Waals surface area contributed by atoms with Crippen molar-refractivity contribution < 1.29 is 28.9 Å². The molecule has 1 amide bonds. The van der Waals surface area contributed by atoms with Gasteiger partial charge in [-0.05, 0) is 53.8 Å². The Balaban J connectivity index is 1.30. The molecule has 0 aliphatic heterocycles. The number of carbonyl (C=O) groups is 1. The van der Waals surface area contributed by atoms with E-state index in [-0.39, 0.29) is 31.1 Å². The van der Waals surface area contributed by atoms with Crippen LogP contribution in [0.1, 0.15) is 42.1 Å². The van der Waals surface area contributed by atoms with Gasteiger partial charge >= 0.3 is 6.09 Å². The van der Waals surface area contributed by atoms with Gasteiger partial charge in [0.25, 0.3) is 0 Å². The molecular weight excluding hydrogens is 437 g/mol. The average molecular weight is 466 g/mol. The van der Waals surface area contributed by atoms with Crippen molar-refractivity contribution in [1.29, 1.82) is 0 Å². The molecule has 3 N–H and O–H groups in total. The van der Waals surface area contributed by atoms with Crippen molar-refractivity contribution in [2.45, 2.75) is 31.5 Å². The Morgan fingerprint density at radius 3 is 2.32 bits per heavy atom. The number of ether oxygens (including phenoxy) is 2. The van der Waals surface area contributed by atoms with E-state index in [1.54, 1.807) is 6.92 Å². The minimum Gasteiger partial charge on any atom is -0.493 e. The lowest BCUT2D eigenvalue weighted by Crippen LogP contribution is -2.30. The minimum absolute atomic E-state index is 0.0458. The third kappa shape index (κ3) is 5.05. The van der Waals surface area contributed by atoms with E-state index in [9.17, 15) is 19.4 Å². The van der Waals surface area contributed by atoms with Crippen LogP contribution in [0.15, 0.2) is 66.7 Å². The van der Waals surface area contributed by atoms with E-state index < -0.39 is 24.1 Å². The van der Waals surface area contributed by atoms with E-state index >= 15 is 0 Å². The predicted octanol–water partition coefficient (Wildman–Crippen LogP) is 4.55. The second-order valence-corrected chi connectivity index (χ2v) is 8.17. The van der Waals surface area contributed by atoms with Crippen LogP contribution in [0.3, 0.4) is 0 Å². The van der Waals surface area contributed by atoms with Crippen molar-refractivity contribution >= 4 is 6.09 Å². The normalized spacial score (nSPS) is 14.1. The molecule has 6 nitrogen and oxygen atoms in total. The second kappa shape index (κ2) is 10.7. The lowest BCUT2D eigenvalue weighted by molar-refractivity contribution is 0.0119. The highest BCUT2D eigenvalue weighted by molar-refractivity contribution is 5.79. The van der Waals surface area contributed by atoms with Crippen molar-refractivity contribution in [3.8, 4) is 16.9 Å². The van der Waals surface area contributed by atoms with Gasteiger partial charge in [-0.15, -0.1) is 0 Å². The first-order chi connectivity index (χ1) is 16.5. The Bertz CT molecular complexity index is 1110. The molecule has 0 heterocycles. The third-order valence-electron chi connectivity index (χ3n) is 6.01. The summed E-state index contributed by atoms with van der Waals surface area (Å²) in [5.41, 5.74) is 4.70. The molecule has 0 spiro atoms. The first-order valence-electron chi connectivity index (χ1n) is 11.4. The van der Waals surface area contributed by atoms with Crippen molar-refractivity contribution in [3.05, 3.63) is 89.2 Å². The molecule has 4 rings (SSSR count). The fourth-order valence-corrected chi connectivity index (χ4v) is 4.37. The number of hydrogen-bond acceptors (Lipinski definition) is 5. The summed E-state index contributed by atoms with van der Waals surface area (Å²) in [6.45, 7) is 2.37. The van der Waals surface area contributed by atoms with Gasteiger partial charge in [-0.3, -0.25) is 0 Å². The summed E-state index contributed by atoms with van der Waals surface area (Å²) in [6, 6.07) is 19.9. The van der Waals surface area contributed by atoms with Crippen molar-refractivity contribution in [3.63, 3.8) is 0 Å². The summed E-state index contributed by atoms with van der Waals surface area (Å²) < 4.78 is 24.5. The van der Waals surface area contributed by atoms with E-state index in [1.165, 1.54) is 12.1 Å². The summed E-state index contributed by atoms with van der Waals surface area (Å²) in [5, 5.41) is 23.5. The van der Waals surface area contributed by atoms with Crippen LogP contribution in [0, 0.1) is 5.82 Å². The van der Waals surface area contributed by atoms with E-state index in [0.29, 0.717) is 12.4 Å². The van der Waals surface area contributed by atoms with Gasteiger partial charge in [0, 0.05) is 18.0 Å². The molecule has 34 heavy (non-hydrogen) atoms. The zero-order chi connectivity index (χ0) is 24.1. The topological polar surface area (TPSA) is 88.0 Å². The van der Waals surface area contributed by atoms with Crippen LogP contribution in [-0.2, 0) is 4.74 Å². The third-order valence-corrected chi connectivity index (χ3v) is 6.01. The quantitative estimate of drug-likeness (QED) is 0.432.